The maximum Gasteiger partial charge on any atom is 0.143 e. The van der Waals surface area contributed by atoms with E-state index < -0.39 is 11.6 Å². The first-order valence-electron chi connectivity index (χ1n) is 6.25. The van der Waals surface area contributed by atoms with E-state index in [1.54, 1.807) is 7.11 Å². The second-order valence-electron chi connectivity index (χ2n) is 4.28. The first-order chi connectivity index (χ1) is 9.60. The molecule has 0 saturated heterocycles. The first kappa shape index (κ1) is 17.5. The summed E-state index contributed by atoms with van der Waals surface area (Å²) in [4.78, 5) is 0. The van der Waals surface area contributed by atoms with Crippen molar-refractivity contribution in [3.8, 4) is 0 Å². The number of ether oxygens (including phenoxy) is 2. The number of rotatable bonds is 9. The van der Waals surface area contributed by atoms with Gasteiger partial charge in [0.05, 0.1) is 17.7 Å². The Hall–Kier alpha value is -0.600. The van der Waals surface area contributed by atoms with Crippen LogP contribution in [0.4, 0.5) is 8.78 Å². The molecular formula is C13H19BrF2N2O2. The molecule has 7 heteroatoms. The highest BCUT2D eigenvalue weighted by molar-refractivity contribution is 9.10. The predicted octanol–water partition coefficient (Wildman–Crippen LogP) is 2.15. The third kappa shape index (κ3) is 5.41. The van der Waals surface area contributed by atoms with Crippen LogP contribution in [0.15, 0.2) is 16.6 Å². The largest absolute Gasteiger partial charge is 0.382 e. The van der Waals surface area contributed by atoms with E-state index in [1.807, 2.05) is 0 Å². The summed E-state index contributed by atoms with van der Waals surface area (Å²) in [6.45, 7) is 1.43. The summed E-state index contributed by atoms with van der Waals surface area (Å²) in [6.07, 6.45) is 0.701. The van der Waals surface area contributed by atoms with Gasteiger partial charge in [0.1, 0.15) is 11.6 Å². The Morgan fingerprint density at radius 2 is 2.05 bits per heavy atom. The Kier molecular flexibility index (Phi) is 8.16. The van der Waals surface area contributed by atoms with Crippen LogP contribution in [0.1, 0.15) is 12.0 Å². The van der Waals surface area contributed by atoms with Crippen LogP contribution in [0.5, 0.6) is 0 Å². The molecule has 1 aromatic carbocycles. The van der Waals surface area contributed by atoms with Crippen molar-refractivity contribution < 1.29 is 18.3 Å². The summed E-state index contributed by atoms with van der Waals surface area (Å²) < 4.78 is 37.9. The summed E-state index contributed by atoms with van der Waals surface area (Å²) in [5.41, 5.74) is 2.57. The van der Waals surface area contributed by atoms with Crippen LogP contribution in [0.2, 0.25) is 0 Å². The fourth-order valence-electron chi connectivity index (χ4n) is 1.72. The molecule has 0 aliphatic carbocycles. The number of nitrogens with two attached hydrogens (primary N) is 1. The van der Waals surface area contributed by atoms with Gasteiger partial charge >= 0.3 is 0 Å². The molecule has 3 N–H and O–H groups in total. The number of halogens is 3. The van der Waals surface area contributed by atoms with Gasteiger partial charge < -0.3 is 9.47 Å². The minimum absolute atomic E-state index is 0.0132. The Morgan fingerprint density at radius 1 is 1.30 bits per heavy atom. The zero-order valence-electron chi connectivity index (χ0n) is 11.3. The topological polar surface area (TPSA) is 56.5 Å². The lowest BCUT2D eigenvalue weighted by atomic mass is 10.0. The SMILES string of the molecule is COCCOCCC(Cc1c(F)ccc(Br)c1F)NN. The van der Waals surface area contributed by atoms with E-state index in [4.69, 9.17) is 15.3 Å². The van der Waals surface area contributed by atoms with Crippen molar-refractivity contribution in [2.45, 2.75) is 18.9 Å². The second-order valence-corrected chi connectivity index (χ2v) is 5.14. The van der Waals surface area contributed by atoms with Crippen molar-refractivity contribution in [1.82, 2.24) is 5.43 Å². The number of methoxy groups -OCH3 is 1. The first-order valence-corrected chi connectivity index (χ1v) is 7.04. The molecule has 0 spiro atoms. The van der Waals surface area contributed by atoms with Gasteiger partial charge in [0.2, 0.25) is 0 Å². The smallest absolute Gasteiger partial charge is 0.143 e. The molecule has 1 rings (SSSR count). The quantitative estimate of drug-likeness (QED) is 0.309. The van der Waals surface area contributed by atoms with Gasteiger partial charge in [-0.25, -0.2) is 8.78 Å². The van der Waals surface area contributed by atoms with Crippen LogP contribution >= 0.6 is 15.9 Å². The third-order valence-electron chi connectivity index (χ3n) is 2.87. The molecular weight excluding hydrogens is 334 g/mol. The summed E-state index contributed by atoms with van der Waals surface area (Å²) in [7, 11) is 1.59. The van der Waals surface area contributed by atoms with Gasteiger partial charge in [0.15, 0.2) is 0 Å². The normalized spacial score (nSPS) is 12.7. The van der Waals surface area contributed by atoms with Crippen molar-refractivity contribution in [1.29, 1.82) is 0 Å². The molecule has 0 aromatic heterocycles. The monoisotopic (exact) mass is 352 g/mol. The number of hydrogen-bond acceptors (Lipinski definition) is 4. The van der Waals surface area contributed by atoms with Crippen molar-refractivity contribution in [3.63, 3.8) is 0 Å². The van der Waals surface area contributed by atoms with Crippen molar-refractivity contribution in [3.05, 3.63) is 33.8 Å². The molecule has 1 atom stereocenters. The molecule has 0 bridgehead atoms. The van der Waals surface area contributed by atoms with Crippen LogP contribution in [0.3, 0.4) is 0 Å². The van der Waals surface area contributed by atoms with Crippen molar-refractivity contribution in [2.24, 2.45) is 5.84 Å². The molecule has 0 radical (unpaired) electrons. The van der Waals surface area contributed by atoms with Crippen LogP contribution in [0, 0.1) is 11.6 Å². The Labute approximate surface area is 125 Å². The molecule has 114 valence electrons. The molecule has 4 nitrogen and oxygen atoms in total. The molecule has 1 unspecified atom stereocenters. The fourth-order valence-corrected chi connectivity index (χ4v) is 2.09. The lowest BCUT2D eigenvalue weighted by Crippen LogP contribution is -2.38. The summed E-state index contributed by atoms with van der Waals surface area (Å²) >= 11 is 3.04. The standard InChI is InChI=1S/C13H19BrF2N2O2/c1-19-6-7-20-5-4-9(18-17)8-10-12(15)3-2-11(14)13(10)16/h2-3,9,18H,4-8,17H2,1H3. The van der Waals surface area contributed by atoms with Crippen LogP contribution in [0.25, 0.3) is 0 Å². The van der Waals surface area contributed by atoms with Gasteiger partial charge in [-0.2, -0.15) is 0 Å². The van der Waals surface area contributed by atoms with Crippen molar-refractivity contribution in [2.75, 3.05) is 26.9 Å². The number of hydrogen-bond donors (Lipinski definition) is 2. The van der Waals surface area contributed by atoms with E-state index in [1.165, 1.54) is 12.1 Å². The molecule has 1 aromatic rings. The lowest BCUT2D eigenvalue weighted by Gasteiger charge is -2.17. The molecule has 0 aliphatic rings. The van der Waals surface area contributed by atoms with E-state index in [0.29, 0.717) is 26.2 Å². The minimum Gasteiger partial charge on any atom is -0.382 e. The average molecular weight is 353 g/mol. The molecule has 0 fully saturated rings. The number of nitrogens with one attached hydrogen (secondary N) is 1. The Morgan fingerprint density at radius 3 is 2.70 bits per heavy atom. The highest BCUT2D eigenvalue weighted by Crippen LogP contribution is 2.23. The molecule has 0 heterocycles. The van der Waals surface area contributed by atoms with E-state index in [9.17, 15) is 8.78 Å². The molecule has 20 heavy (non-hydrogen) atoms. The zero-order valence-corrected chi connectivity index (χ0v) is 12.9. The van der Waals surface area contributed by atoms with Gasteiger partial charge in [-0.3, -0.25) is 11.3 Å². The third-order valence-corrected chi connectivity index (χ3v) is 3.48. The van der Waals surface area contributed by atoms with Crippen LogP contribution in [-0.2, 0) is 15.9 Å². The van der Waals surface area contributed by atoms with E-state index in [2.05, 4.69) is 21.4 Å². The van der Waals surface area contributed by atoms with Gasteiger partial charge in [-0.1, -0.05) is 0 Å². The van der Waals surface area contributed by atoms with Crippen LogP contribution < -0.4 is 11.3 Å². The van der Waals surface area contributed by atoms with E-state index in [-0.39, 0.29) is 22.5 Å². The summed E-state index contributed by atoms with van der Waals surface area (Å²) in [5, 5.41) is 0. The summed E-state index contributed by atoms with van der Waals surface area (Å²) in [5.74, 6) is 4.24. The Balaban J connectivity index is 2.54. The second kappa shape index (κ2) is 9.36. The number of hydrazine groups is 1. The van der Waals surface area contributed by atoms with Gasteiger partial charge in [0, 0.05) is 25.3 Å². The number of benzene rings is 1. The van der Waals surface area contributed by atoms with Gasteiger partial charge in [-0.05, 0) is 40.9 Å². The maximum atomic E-state index is 13.8. The lowest BCUT2D eigenvalue weighted by molar-refractivity contribution is 0.0657. The fraction of sp³-hybridized carbons (Fsp3) is 0.538. The van der Waals surface area contributed by atoms with E-state index >= 15 is 0 Å². The van der Waals surface area contributed by atoms with Crippen LogP contribution in [-0.4, -0.2) is 33.0 Å². The highest BCUT2D eigenvalue weighted by atomic mass is 79.9. The van der Waals surface area contributed by atoms with Gasteiger partial charge in [-0.15, -0.1) is 0 Å². The maximum absolute atomic E-state index is 13.8. The van der Waals surface area contributed by atoms with Crippen molar-refractivity contribution >= 4 is 15.9 Å². The zero-order chi connectivity index (χ0) is 15.0. The van der Waals surface area contributed by atoms with E-state index in [0.717, 1.165) is 0 Å². The Bertz CT molecular complexity index is 422. The summed E-state index contributed by atoms with van der Waals surface area (Å²) in [6, 6.07) is 2.30. The molecule has 0 saturated carbocycles. The molecule has 0 aliphatic heterocycles. The highest BCUT2D eigenvalue weighted by Gasteiger charge is 2.17. The average Bonchev–Trinajstić information content (AvgIpc) is 2.45. The predicted molar refractivity (Wildman–Crippen MR) is 76.2 cm³/mol. The molecule has 0 amide bonds. The minimum atomic E-state index is -0.592. The van der Waals surface area contributed by atoms with Gasteiger partial charge in [0.25, 0.3) is 0 Å².